The summed E-state index contributed by atoms with van der Waals surface area (Å²) in [5, 5.41) is 14.8. The van der Waals surface area contributed by atoms with Crippen molar-refractivity contribution in [3.05, 3.63) is 59.7 Å². The quantitative estimate of drug-likeness (QED) is 0.525. The summed E-state index contributed by atoms with van der Waals surface area (Å²) in [6, 6.07) is 15.0. The predicted molar refractivity (Wildman–Crippen MR) is 128 cm³/mol. The van der Waals surface area contributed by atoms with Gasteiger partial charge in [-0.15, -0.1) is 0 Å². The number of fused-ring (bicyclic) bond motifs is 3. The smallest absolute Gasteiger partial charge is 0.407 e. The van der Waals surface area contributed by atoms with Crippen LogP contribution in [-0.2, 0) is 14.3 Å². The minimum absolute atomic E-state index is 0.0349. The fraction of sp³-hybridized carbons (Fsp3) is 0.444. The van der Waals surface area contributed by atoms with Crippen LogP contribution in [0.5, 0.6) is 0 Å². The van der Waals surface area contributed by atoms with Gasteiger partial charge in [-0.1, -0.05) is 74.7 Å². The lowest BCUT2D eigenvalue weighted by Crippen LogP contribution is -2.50. The zero-order valence-corrected chi connectivity index (χ0v) is 19.5. The van der Waals surface area contributed by atoms with Gasteiger partial charge in [-0.3, -0.25) is 4.79 Å². The molecule has 1 fully saturated rings. The fourth-order valence-electron chi connectivity index (χ4n) is 5.20. The van der Waals surface area contributed by atoms with Crippen LogP contribution in [0.1, 0.15) is 62.5 Å². The molecule has 2 aliphatic rings. The zero-order chi connectivity index (χ0) is 24.1. The normalized spacial score (nSPS) is 20.4. The van der Waals surface area contributed by atoms with E-state index in [-0.39, 0.29) is 24.5 Å². The van der Waals surface area contributed by atoms with Crippen molar-refractivity contribution in [3.8, 4) is 11.1 Å². The van der Waals surface area contributed by atoms with Gasteiger partial charge in [-0.2, -0.15) is 0 Å². The van der Waals surface area contributed by atoms with Gasteiger partial charge >= 0.3 is 12.1 Å². The predicted octanol–water partition coefficient (Wildman–Crippen LogP) is 4.45. The number of carboxylic acid groups (broad SMARTS) is 1. The van der Waals surface area contributed by atoms with Crippen LogP contribution in [0.4, 0.5) is 4.79 Å². The van der Waals surface area contributed by atoms with E-state index >= 15 is 0 Å². The highest BCUT2D eigenvalue weighted by molar-refractivity contribution is 5.86. The first kappa shape index (κ1) is 23.8. The molecule has 4 rings (SSSR count). The van der Waals surface area contributed by atoms with Crippen LogP contribution in [0.25, 0.3) is 11.1 Å². The Labute approximate surface area is 199 Å². The minimum atomic E-state index is -1.05. The number of hydrogen-bond acceptors (Lipinski definition) is 4. The number of nitrogens with one attached hydrogen (secondary N) is 2. The Balaban J connectivity index is 1.41. The molecule has 2 aliphatic carbocycles. The van der Waals surface area contributed by atoms with Crippen molar-refractivity contribution in [2.24, 2.45) is 5.92 Å². The second-order valence-corrected chi connectivity index (χ2v) is 9.13. The first-order valence-electron chi connectivity index (χ1n) is 12.1. The fourth-order valence-corrected chi connectivity index (χ4v) is 5.20. The molecule has 0 bridgehead atoms. The average molecular weight is 465 g/mol. The van der Waals surface area contributed by atoms with E-state index in [4.69, 9.17) is 4.74 Å². The van der Waals surface area contributed by atoms with Crippen LogP contribution < -0.4 is 10.6 Å². The van der Waals surface area contributed by atoms with Gasteiger partial charge in [0, 0.05) is 12.0 Å². The van der Waals surface area contributed by atoms with Crippen molar-refractivity contribution >= 4 is 18.0 Å². The molecule has 0 aromatic heterocycles. The molecule has 1 saturated carbocycles. The topological polar surface area (TPSA) is 105 Å². The number of amides is 2. The molecule has 3 N–H and O–H groups in total. The highest BCUT2D eigenvalue weighted by atomic mass is 16.5. The Bertz CT molecular complexity index is 1010. The zero-order valence-electron chi connectivity index (χ0n) is 19.5. The van der Waals surface area contributed by atoms with E-state index in [1.54, 1.807) is 6.92 Å². The van der Waals surface area contributed by atoms with E-state index in [9.17, 15) is 19.5 Å². The maximum atomic E-state index is 12.9. The molecule has 7 nitrogen and oxygen atoms in total. The van der Waals surface area contributed by atoms with Gasteiger partial charge in [0.05, 0.1) is 5.92 Å². The van der Waals surface area contributed by atoms with Crippen LogP contribution >= 0.6 is 0 Å². The maximum Gasteiger partial charge on any atom is 0.407 e. The third kappa shape index (κ3) is 5.08. The second-order valence-electron chi connectivity index (χ2n) is 9.13. The number of rotatable bonds is 7. The molecule has 0 heterocycles. The molecule has 0 aliphatic heterocycles. The molecule has 180 valence electrons. The largest absolute Gasteiger partial charge is 0.480 e. The number of carbonyl (C=O) groups excluding carboxylic acids is 2. The molecule has 34 heavy (non-hydrogen) atoms. The molecule has 2 aromatic rings. The van der Waals surface area contributed by atoms with Crippen molar-refractivity contribution < 1.29 is 24.2 Å². The molecule has 3 atom stereocenters. The van der Waals surface area contributed by atoms with Crippen LogP contribution in [0.2, 0.25) is 0 Å². The number of carboxylic acids is 1. The number of hydrogen-bond donors (Lipinski definition) is 3. The maximum absolute atomic E-state index is 12.9. The highest BCUT2D eigenvalue weighted by Gasteiger charge is 2.34. The SMILES string of the molecule is CCC(NC(=O)[C@H]1CCCCC[C@H]1NC(=O)OCC1c2ccccc2-c2ccccc21)C(=O)O. The van der Waals surface area contributed by atoms with Gasteiger partial charge in [0.1, 0.15) is 12.6 Å². The first-order valence-corrected chi connectivity index (χ1v) is 12.1. The van der Waals surface area contributed by atoms with Crippen LogP contribution in [0, 0.1) is 5.92 Å². The molecule has 0 spiro atoms. The lowest BCUT2D eigenvalue weighted by atomic mass is 9.93. The Kier molecular flexibility index (Phi) is 7.50. The van der Waals surface area contributed by atoms with Gasteiger partial charge in [-0.25, -0.2) is 9.59 Å². The van der Waals surface area contributed by atoms with Crippen molar-refractivity contribution in [1.29, 1.82) is 0 Å². The van der Waals surface area contributed by atoms with Crippen molar-refractivity contribution in [2.75, 3.05) is 6.61 Å². The van der Waals surface area contributed by atoms with E-state index in [0.717, 1.165) is 41.5 Å². The van der Waals surface area contributed by atoms with Crippen molar-refractivity contribution in [1.82, 2.24) is 10.6 Å². The Morgan fingerprint density at radius 1 is 0.971 bits per heavy atom. The van der Waals surface area contributed by atoms with Gasteiger partial charge in [0.25, 0.3) is 0 Å². The van der Waals surface area contributed by atoms with E-state index in [1.807, 2.05) is 24.3 Å². The number of aliphatic carboxylic acids is 1. The Morgan fingerprint density at radius 2 is 1.59 bits per heavy atom. The third-order valence-electron chi connectivity index (χ3n) is 7.02. The summed E-state index contributed by atoms with van der Waals surface area (Å²) in [4.78, 5) is 37.0. The molecular weight excluding hydrogens is 432 g/mol. The second kappa shape index (κ2) is 10.7. The van der Waals surface area contributed by atoms with Gasteiger partial charge < -0.3 is 20.5 Å². The van der Waals surface area contributed by atoms with E-state index in [1.165, 1.54) is 0 Å². The summed E-state index contributed by atoms with van der Waals surface area (Å²) in [5.41, 5.74) is 4.61. The number of ether oxygens (including phenoxy) is 1. The Hall–Kier alpha value is -3.35. The summed E-state index contributed by atoms with van der Waals surface area (Å²) >= 11 is 0. The van der Waals surface area contributed by atoms with Gasteiger partial charge in [-0.05, 0) is 41.5 Å². The summed E-state index contributed by atoms with van der Waals surface area (Å²) in [5.74, 6) is -1.88. The molecule has 2 amide bonds. The highest BCUT2D eigenvalue weighted by Crippen LogP contribution is 2.44. The van der Waals surface area contributed by atoms with Crippen molar-refractivity contribution in [3.63, 3.8) is 0 Å². The molecular formula is C27H32N2O5. The standard InChI is InChI=1S/C27H32N2O5/c1-2-23(26(31)32)28-25(30)21-14-4-3-5-15-24(21)29-27(33)34-16-22-19-12-8-6-10-17(19)18-11-7-9-13-20(18)22/h6-13,21-24H,2-5,14-16H2,1H3,(H,28,30)(H,29,33)(H,31,32)/t21-,23?,24+/m0/s1. The van der Waals surface area contributed by atoms with Gasteiger partial charge in [0.2, 0.25) is 5.91 Å². The summed E-state index contributed by atoms with van der Waals surface area (Å²) in [6.07, 6.45) is 3.76. The summed E-state index contributed by atoms with van der Waals surface area (Å²) < 4.78 is 5.68. The molecule has 0 saturated heterocycles. The Morgan fingerprint density at radius 3 is 2.21 bits per heavy atom. The lowest BCUT2D eigenvalue weighted by molar-refractivity contribution is -0.142. The molecule has 1 unspecified atom stereocenters. The number of alkyl carbamates (subject to hydrolysis) is 1. The number of benzene rings is 2. The molecule has 2 aromatic carbocycles. The molecule has 7 heteroatoms. The van der Waals surface area contributed by atoms with Crippen molar-refractivity contribution in [2.45, 2.75) is 63.5 Å². The van der Waals surface area contributed by atoms with E-state index < -0.39 is 24.0 Å². The lowest BCUT2D eigenvalue weighted by Gasteiger charge is -2.26. The summed E-state index contributed by atoms with van der Waals surface area (Å²) in [7, 11) is 0. The average Bonchev–Trinajstić information content (AvgIpc) is 2.97. The van der Waals surface area contributed by atoms with Crippen LogP contribution in [0.3, 0.4) is 0 Å². The molecule has 0 radical (unpaired) electrons. The minimum Gasteiger partial charge on any atom is -0.480 e. The van der Waals surface area contributed by atoms with E-state index in [2.05, 4.69) is 34.9 Å². The van der Waals surface area contributed by atoms with Crippen LogP contribution in [-0.4, -0.2) is 41.8 Å². The monoisotopic (exact) mass is 464 g/mol. The number of carbonyl (C=O) groups is 3. The third-order valence-corrected chi connectivity index (χ3v) is 7.02. The van der Waals surface area contributed by atoms with E-state index in [0.29, 0.717) is 19.3 Å². The van der Waals surface area contributed by atoms with Gasteiger partial charge in [0.15, 0.2) is 0 Å². The first-order chi connectivity index (χ1) is 16.5. The van der Waals surface area contributed by atoms with Crippen LogP contribution in [0.15, 0.2) is 48.5 Å². The summed E-state index contributed by atoms with van der Waals surface area (Å²) in [6.45, 7) is 1.93.